The van der Waals surface area contributed by atoms with E-state index in [9.17, 15) is 19.0 Å². The zero-order valence-corrected chi connectivity index (χ0v) is 29.5. The number of hydrogen-bond acceptors (Lipinski definition) is 8. The highest BCUT2D eigenvalue weighted by Gasteiger charge is 2.25. The Balaban J connectivity index is 4.37. The molecule has 0 fully saturated rings. The lowest BCUT2D eigenvalue weighted by Crippen LogP contribution is -2.29. The molecule has 1 unspecified atom stereocenters. The molecule has 270 valence electrons. The van der Waals surface area contributed by atoms with Crippen molar-refractivity contribution < 1.29 is 37.6 Å². The predicted octanol–water partition coefficient (Wildman–Crippen LogP) is 9.00. The average molecular weight is 680 g/mol. The molecule has 0 heterocycles. The second kappa shape index (κ2) is 33.5. The highest BCUT2D eigenvalue weighted by Crippen LogP contribution is 2.43. The predicted molar refractivity (Wildman–Crippen MR) is 191 cm³/mol. The number of nitrogens with two attached hydrogens (primary N) is 1. The van der Waals surface area contributed by atoms with E-state index in [1.807, 2.05) is 12.5 Å². The molecule has 0 aromatic rings. The third kappa shape index (κ3) is 33.3. The highest BCUT2D eigenvalue weighted by atomic mass is 31.2. The SMILES string of the molecule is C=C[CH-]C/C=C/C/C=C\C/C=C/CCCC(=O)OC[C@H](COP(=O)(O)OCCN)OC(=O)CCCCCCC/C=C\CCCCC[CH2-]. The molecule has 0 aromatic carbocycles. The van der Waals surface area contributed by atoms with Crippen LogP contribution in [0, 0.1) is 13.3 Å². The fourth-order valence-electron chi connectivity index (χ4n) is 4.21. The molecule has 0 saturated carbocycles. The molecule has 3 N–H and O–H groups in total. The van der Waals surface area contributed by atoms with Crippen molar-refractivity contribution in [2.45, 2.75) is 122 Å². The summed E-state index contributed by atoms with van der Waals surface area (Å²) in [5.41, 5.74) is 5.31. The molecular formula is C37H62NO8P-2. The van der Waals surface area contributed by atoms with E-state index in [0.717, 1.165) is 70.6 Å². The molecule has 0 rings (SSSR count). The maximum absolute atomic E-state index is 12.5. The number of esters is 2. The molecule has 0 aliphatic carbocycles. The Labute approximate surface area is 285 Å². The van der Waals surface area contributed by atoms with Gasteiger partial charge in [-0.1, -0.05) is 81.1 Å². The van der Waals surface area contributed by atoms with Crippen molar-refractivity contribution in [1.29, 1.82) is 0 Å². The Morgan fingerprint density at radius 3 is 2.02 bits per heavy atom. The summed E-state index contributed by atoms with van der Waals surface area (Å²) in [7, 11) is -4.39. The number of allylic oxidation sites excluding steroid dienone is 9. The molecule has 0 aliphatic heterocycles. The van der Waals surface area contributed by atoms with Gasteiger partial charge in [-0.2, -0.15) is 6.42 Å². The van der Waals surface area contributed by atoms with Crippen LogP contribution in [0.3, 0.4) is 0 Å². The molecule has 0 aromatic heterocycles. The molecule has 0 aliphatic rings. The maximum atomic E-state index is 12.5. The second-order valence-electron chi connectivity index (χ2n) is 11.1. The van der Waals surface area contributed by atoms with Crippen LogP contribution in [0.15, 0.2) is 61.3 Å². The lowest BCUT2D eigenvalue weighted by molar-refractivity contribution is -0.161. The summed E-state index contributed by atoms with van der Waals surface area (Å²) in [4.78, 5) is 34.6. The third-order valence-corrected chi connectivity index (χ3v) is 7.78. The number of phosphoric ester groups is 1. The van der Waals surface area contributed by atoms with Gasteiger partial charge in [-0.3, -0.25) is 18.6 Å². The van der Waals surface area contributed by atoms with Crippen LogP contribution in [0.2, 0.25) is 0 Å². The van der Waals surface area contributed by atoms with Crippen molar-refractivity contribution in [3.63, 3.8) is 0 Å². The third-order valence-electron chi connectivity index (χ3n) is 6.80. The molecule has 0 amide bonds. The van der Waals surface area contributed by atoms with Gasteiger partial charge in [-0.25, -0.2) is 23.6 Å². The van der Waals surface area contributed by atoms with Crippen LogP contribution in [0.1, 0.15) is 116 Å². The number of phosphoric acid groups is 1. The fourth-order valence-corrected chi connectivity index (χ4v) is 4.98. The molecule has 2 atom stereocenters. The van der Waals surface area contributed by atoms with Gasteiger partial charge >= 0.3 is 19.8 Å². The smallest absolute Gasteiger partial charge is 0.462 e. The number of carbonyl (C=O) groups excluding carboxylic acids is 2. The highest BCUT2D eigenvalue weighted by molar-refractivity contribution is 7.47. The first-order valence-corrected chi connectivity index (χ1v) is 18.8. The van der Waals surface area contributed by atoms with Gasteiger partial charge in [0.15, 0.2) is 6.10 Å². The normalized spacial score (nSPS) is 13.9. The van der Waals surface area contributed by atoms with E-state index in [1.165, 1.54) is 19.3 Å². The number of rotatable bonds is 33. The fraction of sp³-hybridized carbons (Fsp3) is 0.622. The number of carbonyl (C=O) groups is 2. The van der Waals surface area contributed by atoms with Gasteiger partial charge in [0.25, 0.3) is 0 Å². The molecule has 0 radical (unpaired) electrons. The van der Waals surface area contributed by atoms with E-state index in [-0.39, 0.29) is 32.6 Å². The van der Waals surface area contributed by atoms with E-state index in [1.54, 1.807) is 6.08 Å². The average Bonchev–Trinajstić information content (AvgIpc) is 3.05. The molecule has 10 heteroatoms. The van der Waals surface area contributed by atoms with Gasteiger partial charge in [0, 0.05) is 19.4 Å². The van der Waals surface area contributed by atoms with E-state index in [2.05, 4.69) is 56.0 Å². The van der Waals surface area contributed by atoms with Crippen molar-refractivity contribution >= 4 is 19.8 Å². The zero-order chi connectivity index (χ0) is 34.7. The first-order chi connectivity index (χ1) is 22.8. The quantitative estimate of drug-likeness (QED) is 0.0229. The van der Waals surface area contributed by atoms with Crippen LogP contribution in [0.5, 0.6) is 0 Å². The Morgan fingerprint density at radius 1 is 0.766 bits per heavy atom. The summed E-state index contributed by atoms with van der Waals surface area (Å²) in [5, 5.41) is 0. The first kappa shape index (κ1) is 44.6. The lowest BCUT2D eigenvalue weighted by Gasteiger charge is -2.19. The number of ether oxygens (including phenoxy) is 2. The van der Waals surface area contributed by atoms with Crippen molar-refractivity contribution in [2.75, 3.05) is 26.4 Å². The van der Waals surface area contributed by atoms with Gasteiger partial charge in [0.2, 0.25) is 0 Å². The van der Waals surface area contributed by atoms with Crippen LogP contribution in [-0.4, -0.2) is 49.3 Å². The summed E-state index contributed by atoms with van der Waals surface area (Å²) < 4.78 is 32.5. The second-order valence-corrected chi connectivity index (χ2v) is 12.6. The minimum atomic E-state index is -4.39. The Hall–Kier alpha value is -2.42. The molecule has 47 heavy (non-hydrogen) atoms. The number of hydrogen-bond donors (Lipinski definition) is 2. The van der Waals surface area contributed by atoms with Crippen LogP contribution in [0.4, 0.5) is 0 Å². The summed E-state index contributed by atoms with van der Waals surface area (Å²) in [6, 6.07) is 0. The molecule has 0 bridgehead atoms. The van der Waals surface area contributed by atoms with Crippen molar-refractivity contribution in [3.05, 3.63) is 74.6 Å². The first-order valence-electron chi connectivity index (χ1n) is 17.3. The summed E-state index contributed by atoms with van der Waals surface area (Å²) >= 11 is 0. The monoisotopic (exact) mass is 679 g/mol. The van der Waals surface area contributed by atoms with Crippen molar-refractivity contribution in [1.82, 2.24) is 0 Å². The molecule has 0 spiro atoms. The van der Waals surface area contributed by atoms with Crippen LogP contribution in [0.25, 0.3) is 0 Å². The Morgan fingerprint density at radius 2 is 1.34 bits per heavy atom. The largest absolute Gasteiger partial charge is 0.472 e. The lowest BCUT2D eigenvalue weighted by atomic mass is 10.1. The van der Waals surface area contributed by atoms with Gasteiger partial charge in [-0.15, -0.1) is 6.08 Å². The number of unbranched alkanes of at least 4 members (excludes halogenated alkanes) is 11. The van der Waals surface area contributed by atoms with Gasteiger partial charge in [-0.05, 0) is 57.8 Å². The summed E-state index contributed by atoms with van der Waals surface area (Å²) in [5.74, 6) is -0.927. The van der Waals surface area contributed by atoms with Gasteiger partial charge in [0.1, 0.15) is 6.61 Å². The summed E-state index contributed by atoms with van der Waals surface area (Å²) in [6.07, 6.45) is 35.8. The van der Waals surface area contributed by atoms with Crippen LogP contribution < -0.4 is 5.73 Å². The molecule has 0 saturated heterocycles. The van der Waals surface area contributed by atoms with Gasteiger partial charge in [0.05, 0.1) is 13.2 Å². The minimum absolute atomic E-state index is 0.0389. The zero-order valence-electron chi connectivity index (χ0n) is 28.7. The topological polar surface area (TPSA) is 134 Å². The van der Waals surface area contributed by atoms with Crippen molar-refractivity contribution in [2.24, 2.45) is 5.73 Å². The van der Waals surface area contributed by atoms with E-state index >= 15 is 0 Å². The van der Waals surface area contributed by atoms with Crippen LogP contribution in [-0.2, 0) is 32.7 Å². The van der Waals surface area contributed by atoms with Crippen molar-refractivity contribution in [3.8, 4) is 0 Å². The van der Waals surface area contributed by atoms with Crippen LogP contribution >= 0.6 is 7.82 Å². The minimum Gasteiger partial charge on any atom is -0.462 e. The Kier molecular flexibility index (Phi) is 31.8. The molecular weight excluding hydrogens is 617 g/mol. The van der Waals surface area contributed by atoms with E-state index in [0.29, 0.717) is 12.8 Å². The summed E-state index contributed by atoms with van der Waals surface area (Å²) in [6.45, 7) is 6.64. The standard InChI is InChI=1S/C37H62NO8P/c1-3-5-7-9-11-13-15-17-19-21-23-25-27-29-36(39)43-33-35(34-45-47(41,42)44-32-31-38)46-37(40)30-28-26-24-22-20-18-16-14-12-10-8-6-4-2/h3,5,9,11,14-17,21,23,35H,1-2,4,6-8,10,12-13,18-20,22,24-34,38H2,(H,41,42)/q-2/b11-9+,16-14-,17-15-,23-21+/t35-/m1/s1. The molecule has 9 nitrogen and oxygen atoms in total. The Bertz CT molecular complexity index is 947. The van der Waals surface area contributed by atoms with Gasteiger partial charge < -0.3 is 27.0 Å². The van der Waals surface area contributed by atoms with E-state index in [4.69, 9.17) is 24.3 Å². The maximum Gasteiger partial charge on any atom is 0.472 e. The van der Waals surface area contributed by atoms with E-state index < -0.39 is 32.5 Å².